The van der Waals surface area contributed by atoms with Crippen LogP contribution in [0.4, 0.5) is 5.69 Å². The molecule has 0 saturated carbocycles. The van der Waals surface area contributed by atoms with Gasteiger partial charge < -0.3 is 9.73 Å². The molecule has 0 atom stereocenters. The maximum Gasteiger partial charge on any atom is 0.229 e. The number of carbonyl (C=O) groups excluding carboxylic acids is 1. The normalized spacial score (nSPS) is 11.8. The maximum absolute atomic E-state index is 12.2. The van der Waals surface area contributed by atoms with Gasteiger partial charge in [-0.2, -0.15) is 0 Å². The second-order valence-electron chi connectivity index (χ2n) is 7.47. The fourth-order valence-electron chi connectivity index (χ4n) is 2.77. The van der Waals surface area contributed by atoms with Crippen LogP contribution in [0.3, 0.4) is 0 Å². The van der Waals surface area contributed by atoms with E-state index < -0.39 is 5.41 Å². The lowest BCUT2D eigenvalue weighted by Gasteiger charge is -2.17. The number of fused-ring (bicyclic) bond motifs is 2. The second-order valence-corrected chi connectivity index (χ2v) is 7.47. The minimum atomic E-state index is -0.449. The largest absolute Gasteiger partial charge is 0.436 e. The molecule has 4 nitrogen and oxygen atoms in total. The molecule has 0 spiro atoms. The van der Waals surface area contributed by atoms with Crippen molar-refractivity contribution in [1.29, 1.82) is 0 Å². The summed E-state index contributed by atoms with van der Waals surface area (Å²) in [6.45, 7) is 5.65. The lowest BCUT2D eigenvalue weighted by Crippen LogP contribution is -2.27. The lowest BCUT2D eigenvalue weighted by molar-refractivity contribution is -0.123. The minimum absolute atomic E-state index is 0.0323. The van der Waals surface area contributed by atoms with Crippen LogP contribution in [0.5, 0.6) is 0 Å². The van der Waals surface area contributed by atoms with Gasteiger partial charge in [-0.3, -0.25) is 4.79 Å². The van der Waals surface area contributed by atoms with Gasteiger partial charge in [0.15, 0.2) is 5.58 Å². The Morgan fingerprint density at radius 1 is 0.962 bits per heavy atom. The first-order valence-corrected chi connectivity index (χ1v) is 8.61. The molecule has 0 radical (unpaired) electrons. The van der Waals surface area contributed by atoms with Gasteiger partial charge in [0.25, 0.3) is 0 Å². The van der Waals surface area contributed by atoms with Crippen molar-refractivity contribution in [1.82, 2.24) is 4.98 Å². The summed E-state index contributed by atoms with van der Waals surface area (Å²) in [5, 5.41) is 5.25. The summed E-state index contributed by atoms with van der Waals surface area (Å²) < 4.78 is 5.91. The zero-order chi connectivity index (χ0) is 18.3. The minimum Gasteiger partial charge on any atom is -0.436 e. The summed E-state index contributed by atoms with van der Waals surface area (Å²) in [6, 6.07) is 19.8. The van der Waals surface area contributed by atoms with Gasteiger partial charge in [0.1, 0.15) is 5.52 Å². The quantitative estimate of drug-likeness (QED) is 0.512. The van der Waals surface area contributed by atoms with Gasteiger partial charge in [-0.15, -0.1) is 0 Å². The Kier molecular flexibility index (Phi) is 3.76. The summed E-state index contributed by atoms with van der Waals surface area (Å²) in [5.74, 6) is 0.542. The van der Waals surface area contributed by atoms with Crippen molar-refractivity contribution in [2.24, 2.45) is 5.41 Å². The average molecular weight is 344 g/mol. The van der Waals surface area contributed by atoms with Gasteiger partial charge in [-0.1, -0.05) is 51.1 Å². The molecule has 0 aliphatic carbocycles. The Bertz CT molecular complexity index is 1120. The first kappa shape index (κ1) is 16.3. The van der Waals surface area contributed by atoms with Crippen LogP contribution in [0.25, 0.3) is 33.3 Å². The number of benzene rings is 3. The van der Waals surface area contributed by atoms with Crippen molar-refractivity contribution in [2.45, 2.75) is 20.8 Å². The van der Waals surface area contributed by atoms with Crippen molar-refractivity contribution in [3.8, 4) is 11.5 Å². The van der Waals surface area contributed by atoms with Crippen LogP contribution in [0.1, 0.15) is 20.8 Å². The van der Waals surface area contributed by atoms with Crippen LogP contribution in [0.2, 0.25) is 0 Å². The molecule has 0 aliphatic heterocycles. The van der Waals surface area contributed by atoms with Crippen molar-refractivity contribution in [3.05, 3.63) is 60.7 Å². The Labute approximate surface area is 151 Å². The Hall–Kier alpha value is -3.14. The molecule has 4 heteroatoms. The van der Waals surface area contributed by atoms with Crippen LogP contribution >= 0.6 is 0 Å². The van der Waals surface area contributed by atoms with Gasteiger partial charge >= 0.3 is 0 Å². The Morgan fingerprint density at radius 3 is 2.50 bits per heavy atom. The monoisotopic (exact) mass is 344 g/mol. The van der Waals surface area contributed by atoms with E-state index in [1.807, 2.05) is 57.2 Å². The van der Waals surface area contributed by atoms with E-state index in [9.17, 15) is 4.79 Å². The first-order chi connectivity index (χ1) is 12.4. The van der Waals surface area contributed by atoms with Crippen LogP contribution in [-0.2, 0) is 4.79 Å². The third-order valence-corrected chi connectivity index (χ3v) is 4.32. The molecular formula is C22H20N2O2. The highest BCUT2D eigenvalue weighted by Crippen LogP contribution is 2.29. The van der Waals surface area contributed by atoms with Crippen molar-refractivity contribution >= 4 is 33.5 Å². The average Bonchev–Trinajstić information content (AvgIpc) is 3.04. The molecule has 130 valence electrons. The van der Waals surface area contributed by atoms with Gasteiger partial charge in [0, 0.05) is 16.7 Å². The van der Waals surface area contributed by atoms with Crippen LogP contribution < -0.4 is 5.32 Å². The maximum atomic E-state index is 12.2. The molecule has 0 aliphatic rings. The van der Waals surface area contributed by atoms with Crippen molar-refractivity contribution < 1.29 is 9.21 Å². The van der Waals surface area contributed by atoms with E-state index in [-0.39, 0.29) is 5.91 Å². The van der Waals surface area contributed by atoms with Crippen molar-refractivity contribution in [2.75, 3.05) is 5.32 Å². The Balaban J connectivity index is 1.69. The van der Waals surface area contributed by atoms with E-state index in [2.05, 4.69) is 34.6 Å². The summed E-state index contributed by atoms with van der Waals surface area (Å²) in [6.07, 6.45) is 0. The van der Waals surface area contributed by atoms with Crippen LogP contribution in [-0.4, -0.2) is 10.9 Å². The van der Waals surface area contributed by atoms with E-state index in [0.717, 1.165) is 22.2 Å². The summed E-state index contributed by atoms with van der Waals surface area (Å²) in [5.41, 5.74) is 2.62. The fraction of sp³-hybridized carbons (Fsp3) is 0.182. The fourth-order valence-corrected chi connectivity index (χ4v) is 2.77. The molecule has 0 bridgehead atoms. The Morgan fingerprint density at radius 2 is 1.73 bits per heavy atom. The number of hydrogen-bond donors (Lipinski definition) is 1. The molecule has 1 N–H and O–H groups in total. The second kappa shape index (κ2) is 5.99. The number of anilines is 1. The highest BCUT2D eigenvalue weighted by molar-refractivity contribution is 5.96. The topological polar surface area (TPSA) is 55.1 Å². The number of oxazole rings is 1. The summed E-state index contributed by atoms with van der Waals surface area (Å²) in [4.78, 5) is 16.8. The highest BCUT2D eigenvalue weighted by Gasteiger charge is 2.21. The van der Waals surface area contributed by atoms with Crippen LogP contribution in [0.15, 0.2) is 65.1 Å². The SMILES string of the molecule is CC(C)(C)C(=O)Nc1ccc2oc(-c3ccc4ccccc4c3)nc2c1. The van der Waals surface area contributed by atoms with E-state index in [0.29, 0.717) is 11.5 Å². The van der Waals surface area contributed by atoms with E-state index in [1.165, 1.54) is 5.39 Å². The molecule has 0 fully saturated rings. The molecule has 0 saturated heterocycles. The van der Waals surface area contributed by atoms with Gasteiger partial charge in [-0.05, 0) is 41.1 Å². The highest BCUT2D eigenvalue weighted by atomic mass is 16.3. The zero-order valence-corrected chi connectivity index (χ0v) is 15.0. The third-order valence-electron chi connectivity index (χ3n) is 4.32. The summed E-state index contributed by atoms with van der Waals surface area (Å²) in [7, 11) is 0. The smallest absolute Gasteiger partial charge is 0.229 e. The molecule has 4 aromatic rings. The molecule has 26 heavy (non-hydrogen) atoms. The molecule has 0 unspecified atom stereocenters. The number of carbonyl (C=O) groups is 1. The van der Waals surface area contributed by atoms with Gasteiger partial charge in [0.05, 0.1) is 0 Å². The molecule has 1 amide bonds. The first-order valence-electron chi connectivity index (χ1n) is 8.61. The van der Waals surface area contributed by atoms with Crippen molar-refractivity contribution in [3.63, 3.8) is 0 Å². The number of rotatable bonds is 2. The van der Waals surface area contributed by atoms with E-state index in [1.54, 1.807) is 0 Å². The van der Waals surface area contributed by atoms with E-state index >= 15 is 0 Å². The van der Waals surface area contributed by atoms with E-state index in [4.69, 9.17) is 4.42 Å². The van der Waals surface area contributed by atoms with Crippen LogP contribution in [0, 0.1) is 5.41 Å². The molecule has 3 aromatic carbocycles. The standard InChI is InChI=1S/C22H20N2O2/c1-22(2,3)21(25)23-17-10-11-19-18(13-17)24-20(26-19)16-9-8-14-6-4-5-7-15(14)12-16/h4-13H,1-3H3,(H,23,25). The third kappa shape index (κ3) is 3.06. The lowest BCUT2D eigenvalue weighted by atomic mass is 9.95. The predicted octanol–water partition coefficient (Wildman–Crippen LogP) is 5.63. The number of nitrogens with one attached hydrogen (secondary N) is 1. The molecule has 1 aromatic heterocycles. The number of hydrogen-bond acceptors (Lipinski definition) is 3. The predicted molar refractivity (Wildman–Crippen MR) is 105 cm³/mol. The molecular weight excluding hydrogens is 324 g/mol. The zero-order valence-electron chi connectivity index (χ0n) is 15.0. The molecule has 4 rings (SSSR count). The van der Waals surface area contributed by atoms with Gasteiger partial charge in [0.2, 0.25) is 11.8 Å². The number of aromatic nitrogens is 1. The van der Waals surface area contributed by atoms with Gasteiger partial charge in [-0.25, -0.2) is 4.98 Å². The number of amides is 1. The summed E-state index contributed by atoms with van der Waals surface area (Å²) >= 11 is 0. The number of nitrogens with zero attached hydrogens (tertiary/aromatic N) is 1. The molecule has 1 heterocycles.